The third kappa shape index (κ3) is 1.85. The van der Waals surface area contributed by atoms with Crippen LogP contribution in [-0.2, 0) is 4.79 Å². The highest BCUT2D eigenvalue weighted by atomic mass is 35.5. The van der Waals surface area contributed by atoms with Crippen LogP contribution < -0.4 is 0 Å². The van der Waals surface area contributed by atoms with Crippen molar-refractivity contribution in [1.29, 1.82) is 0 Å². The first-order valence-corrected chi connectivity index (χ1v) is 7.26. The molecule has 3 rings (SSSR count). The van der Waals surface area contributed by atoms with Gasteiger partial charge >= 0.3 is 0 Å². The van der Waals surface area contributed by atoms with E-state index in [0.29, 0.717) is 6.42 Å². The highest BCUT2D eigenvalue weighted by Crippen LogP contribution is 2.56. The van der Waals surface area contributed by atoms with Crippen molar-refractivity contribution in [3.05, 3.63) is 36.5 Å². The van der Waals surface area contributed by atoms with Crippen molar-refractivity contribution < 1.29 is 9.90 Å². The highest BCUT2D eigenvalue weighted by Gasteiger charge is 2.62. The summed E-state index contributed by atoms with van der Waals surface area (Å²) in [7, 11) is 0. The highest BCUT2D eigenvalue weighted by molar-refractivity contribution is 6.21. The molecule has 0 aromatic carbocycles. The van der Waals surface area contributed by atoms with E-state index in [2.05, 4.69) is 12.7 Å². The van der Waals surface area contributed by atoms with Crippen molar-refractivity contribution in [2.75, 3.05) is 5.88 Å². The summed E-state index contributed by atoms with van der Waals surface area (Å²) in [5, 5.41) is 10.7. The number of Topliss-reactive ketones (excluding diaryl/α,β-unsaturated/α-hetero) is 1. The first-order valence-electron chi connectivity index (χ1n) is 6.72. The number of fused-ring (bicyclic) bond motifs is 2. The molecule has 2 bridgehead atoms. The van der Waals surface area contributed by atoms with Gasteiger partial charge in [-0.15, -0.1) is 18.2 Å². The van der Waals surface area contributed by atoms with E-state index < -0.39 is 11.0 Å². The van der Waals surface area contributed by atoms with Crippen LogP contribution in [0.4, 0.5) is 0 Å². The lowest BCUT2D eigenvalue weighted by atomic mass is 9.50. The van der Waals surface area contributed by atoms with Crippen LogP contribution in [0, 0.1) is 17.3 Å². The van der Waals surface area contributed by atoms with E-state index in [9.17, 15) is 9.90 Å². The van der Waals surface area contributed by atoms with E-state index in [0.717, 1.165) is 12.0 Å². The maximum atomic E-state index is 12.8. The third-order valence-corrected chi connectivity index (χ3v) is 5.10. The minimum atomic E-state index is -1.42. The zero-order valence-electron chi connectivity index (χ0n) is 11.5. The SMILES string of the molecule is C=CCC12C=C(C)C(CC1C=CC)C(O)(CCl)C2=O. The Kier molecular flexibility index (Phi) is 3.76. The smallest absolute Gasteiger partial charge is 0.176 e. The zero-order valence-corrected chi connectivity index (χ0v) is 12.3. The van der Waals surface area contributed by atoms with Crippen LogP contribution in [0.25, 0.3) is 0 Å². The predicted molar refractivity (Wildman–Crippen MR) is 78.1 cm³/mol. The number of carbonyl (C=O) groups is 1. The van der Waals surface area contributed by atoms with E-state index in [1.165, 1.54) is 0 Å². The van der Waals surface area contributed by atoms with Gasteiger partial charge in [-0.05, 0) is 32.6 Å². The van der Waals surface area contributed by atoms with Crippen LogP contribution >= 0.6 is 11.6 Å². The Bertz CT molecular complexity index is 465. The number of aliphatic hydroxyl groups is 1. The molecule has 1 N–H and O–H groups in total. The standard InChI is InChI=1S/C16H21ClO2/c1-4-6-12-8-13-11(3)9-15(12,7-5-2)14(18)16(13,19)10-17/h4-6,9,12-13,19H,2,7-8,10H2,1,3H3. The second-order valence-electron chi connectivity index (χ2n) is 5.73. The fraction of sp³-hybridized carbons (Fsp3) is 0.562. The van der Waals surface area contributed by atoms with Crippen molar-refractivity contribution in [2.24, 2.45) is 17.3 Å². The Morgan fingerprint density at radius 3 is 2.84 bits per heavy atom. The molecule has 2 nitrogen and oxygen atoms in total. The average Bonchev–Trinajstić information content (AvgIpc) is 2.38. The van der Waals surface area contributed by atoms with Crippen molar-refractivity contribution in [3.8, 4) is 0 Å². The van der Waals surface area contributed by atoms with Crippen molar-refractivity contribution in [2.45, 2.75) is 32.3 Å². The summed E-state index contributed by atoms with van der Waals surface area (Å²) in [5.74, 6) is -0.214. The number of allylic oxidation sites excluding steroid dienone is 4. The van der Waals surface area contributed by atoms with Gasteiger partial charge in [-0.3, -0.25) is 4.79 Å². The number of hydrogen-bond acceptors (Lipinski definition) is 2. The molecule has 104 valence electrons. The largest absolute Gasteiger partial charge is 0.380 e. The molecule has 0 aliphatic heterocycles. The van der Waals surface area contributed by atoms with Crippen LogP contribution in [0.1, 0.15) is 26.7 Å². The number of carbonyl (C=O) groups excluding carboxylic acids is 1. The molecule has 1 saturated carbocycles. The van der Waals surface area contributed by atoms with E-state index >= 15 is 0 Å². The second kappa shape index (κ2) is 4.92. The Morgan fingerprint density at radius 2 is 2.32 bits per heavy atom. The summed E-state index contributed by atoms with van der Waals surface area (Å²) >= 11 is 5.92. The fourth-order valence-corrected chi connectivity index (χ4v) is 4.12. The summed E-state index contributed by atoms with van der Waals surface area (Å²) in [6, 6.07) is 0. The summed E-state index contributed by atoms with van der Waals surface area (Å²) in [6.45, 7) is 7.71. The zero-order chi connectivity index (χ0) is 14.3. The van der Waals surface area contributed by atoms with E-state index in [1.54, 1.807) is 6.08 Å². The van der Waals surface area contributed by atoms with Gasteiger partial charge in [-0.25, -0.2) is 0 Å². The van der Waals surface area contributed by atoms with Gasteiger partial charge in [-0.2, -0.15) is 0 Å². The van der Waals surface area contributed by atoms with Crippen molar-refractivity contribution >= 4 is 17.4 Å². The Balaban J connectivity index is 2.60. The predicted octanol–water partition coefficient (Wildman–Crippen LogP) is 3.26. The minimum absolute atomic E-state index is 0.0386. The number of alkyl halides is 1. The van der Waals surface area contributed by atoms with Gasteiger partial charge in [0.1, 0.15) is 5.60 Å². The molecule has 0 aromatic heterocycles. The number of rotatable bonds is 4. The molecule has 0 heterocycles. The van der Waals surface area contributed by atoms with Gasteiger partial charge in [0.05, 0.1) is 11.3 Å². The molecule has 3 aliphatic carbocycles. The summed E-state index contributed by atoms with van der Waals surface area (Å²) in [4.78, 5) is 12.8. The van der Waals surface area contributed by atoms with E-state index in [4.69, 9.17) is 11.6 Å². The van der Waals surface area contributed by atoms with Crippen LogP contribution in [0.3, 0.4) is 0 Å². The Labute approximate surface area is 119 Å². The molecule has 4 atom stereocenters. The van der Waals surface area contributed by atoms with Gasteiger partial charge in [-0.1, -0.05) is 29.9 Å². The Morgan fingerprint density at radius 1 is 1.63 bits per heavy atom. The molecule has 3 heteroatoms. The van der Waals surface area contributed by atoms with Crippen molar-refractivity contribution in [1.82, 2.24) is 0 Å². The molecule has 0 saturated heterocycles. The lowest BCUT2D eigenvalue weighted by Crippen LogP contribution is -2.64. The molecule has 0 amide bonds. The molecule has 0 spiro atoms. The van der Waals surface area contributed by atoms with Gasteiger partial charge < -0.3 is 5.11 Å². The number of ketones is 1. The molecular formula is C16H21ClO2. The average molecular weight is 281 g/mol. The first-order chi connectivity index (χ1) is 8.96. The van der Waals surface area contributed by atoms with Crippen LogP contribution in [0.2, 0.25) is 0 Å². The quantitative estimate of drug-likeness (QED) is 0.634. The van der Waals surface area contributed by atoms with E-state index in [-0.39, 0.29) is 23.5 Å². The fourth-order valence-electron chi connectivity index (χ4n) is 3.81. The molecule has 0 aromatic rings. The Hall–Kier alpha value is -0.860. The molecular weight excluding hydrogens is 260 g/mol. The normalized spacial score (nSPS) is 41.7. The maximum Gasteiger partial charge on any atom is 0.176 e. The van der Waals surface area contributed by atoms with Crippen LogP contribution in [0.5, 0.6) is 0 Å². The molecule has 4 unspecified atom stereocenters. The minimum Gasteiger partial charge on any atom is -0.380 e. The topological polar surface area (TPSA) is 37.3 Å². The van der Waals surface area contributed by atoms with Crippen LogP contribution in [0.15, 0.2) is 36.5 Å². The van der Waals surface area contributed by atoms with Gasteiger partial charge in [0, 0.05) is 5.92 Å². The second-order valence-corrected chi connectivity index (χ2v) is 6.00. The van der Waals surface area contributed by atoms with Crippen molar-refractivity contribution in [3.63, 3.8) is 0 Å². The third-order valence-electron chi connectivity index (χ3n) is 4.69. The maximum absolute atomic E-state index is 12.8. The summed E-state index contributed by atoms with van der Waals surface area (Å²) < 4.78 is 0. The molecule has 1 fully saturated rings. The van der Waals surface area contributed by atoms with Gasteiger partial charge in [0.15, 0.2) is 5.78 Å². The molecule has 3 aliphatic rings. The monoisotopic (exact) mass is 280 g/mol. The summed E-state index contributed by atoms with van der Waals surface area (Å²) in [5.41, 5.74) is -1.01. The summed E-state index contributed by atoms with van der Waals surface area (Å²) in [6.07, 6.45) is 9.17. The van der Waals surface area contributed by atoms with Gasteiger partial charge in [0.2, 0.25) is 0 Å². The van der Waals surface area contributed by atoms with Gasteiger partial charge in [0.25, 0.3) is 0 Å². The molecule has 0 radical (unpaired) electrons. The molecule has 19 heavy (non-hydrogen) atoms. The number of hydrogen-bond donors (Lipinski definition) is 1. The lowest BCUT2D eigenvalue weighted by molar-refractivity contribution is -0.159. The lowest BCUT2D eigenvalue weighted by Gasteiger charge is -2.54. The first kappa shape index (κ1) is 14.5. The van der Waals surface area contributed by atoms with Crippen LogP contribution in [-0.4, -0.2) is 22.4 Å². The number of halogens is 1. The van der Waals surface area contributed by atoms with E-state index in [1.807, 2.05) is 26.0 Å².